The van der Waals surface area contributed by atoms with E-state index in [4.69, 9.17) is 10.5 Å². The summed E-state index contributed by atoms with van der Waals surface area (Å²) in [6.45, 7) is 4.87. The Balaban J connectivity index is 2.05. The van der Waals surface area contributed by atoms with E-state index in [9.17, 15) is 5.11 Å². The number of unbranched alkanes of at least 4 members (excludes halogenated alkanes) is 12. The van der Waals surface area contributed by atoms with Crippen LogP contribution in [0.15, 0.2) is 12.1 Å². The van der Waals surface area contributed by atoms with Crippen LogP contribution in [0.3, 0.4) is 0 Å². The lowest BCUT2D eigenvalue weighted by atomic mass is 10.0. The number of hydrogen-bond acceptors (Lipinski definition) is 3. The Hall–Kier alpha value is -1.38. The van der Waals surface area contributed by atoms with Crippen molar-refractivity contribution in [1.29, 1.82) is 0 Å². The van der Waals surface area contributed by atoms with Gasteiger partial charge < -0.3 is 15.6 Å². The van der Waals surface area contributed by atoms with Crippen molar-refractivity contribution in [2.75, 3.05) is 12.3 Å². The van der Waals surface area contributed by atoms with E-state index in [1.54, 1.807) is 12.1 Å². The largest absolute Gasteiger partial charge is 0.506 e. The maximum absolute atomic E-state index is 9.82. The summed E-state index contributed by atoms with van der Waals surface area (Å²) in [4.78, 5) is 0. The van der Waals surface area contributed by atoms with Gasteiger partial charge in [-0.05, 0) is 31.4 Å². The van der Waals surface area contributed by atoms with Gasteiger partial charge in [0.05, 0.1) is 12.3 Å². The fourth-order valence-corrected chi connectivity index (χ4v) is 3.45. The number of hydrogen-bond donors (Lipinski definition) is 2. The highest BCUT2D eigenvalue weighted by Crippen LogP contribution is 2.31. The molecular weight excluding hydrogens is 322 g/mol. The molecule has 1 aromatic rings. The molecule has 3 nitrogen and oxygen atoms in total. The SMILES string of the molecule is CCCCCCCCCCCCCCCc1cc(O)c(N)cc1OCC. The highest BCUT2D eigenvalue weighted by molar-refractivity contribution is 5.58. The van der Waals surface area contributed by atoms with Crippen molar-refractivity contribution < 1.29 is 9.84 Å². The summed E-state index contributed by atoms with van der Waals surface area (Å²) in [5.74, 6) is 0.986. The molecule has 0 aliphatic heterocycles. The topological polar surface area (TPSA) is 55.5 Å². The molecule has 3 N–H and O–H groups in total. The fourth-order valence-electron chi connectivity index (χ4n) is 3.45. The number of anilines is 1. The first-order valence-corrected chi connectivity index (χ1v) is 10.9. The zero-order valence-electron chi connectivity index (χ0n) is 17.2. The summed E-state index contributed by atoms with van der Waals surface area (Å²) < 4.78 is 5.65. The highest BCUT2D eigenvalue weighted by atomic mass is 16.5. The van der Waals surface area contributed by atoms with Crippen LogP contribution in [0.25, 0.3) is 0 Å². The molecule has 0 spiro atoms. The van der Waals surface area contributed by atoms with Crippen LogP contribution in [0.4, 0.5) is 5.69 Å². The number of nitrogen functional groups attached to an aromatic ring is 1. The standard InChI is InChI=1S/C23H41NO2/c1-3-5-6-7-8-9-10-11-12-13-14-15-16-17-20-18-22(25)21(24)19-23(20)26-4-2/h18-19,25H,3-17,24H2,1-2H3. The van der Waals surface area contributed by atoms with E-state index in [2.05, 4.69) is 6.92 Å². The number of aromatic hydroxyl groups is 1. The van der Waals surface area contributed by atoms with Crippen molar-refractivity contribution in [3.63, 3.8) is 0 Å². The number of nitrogens with two attached hydrogens (primary N) is 1. The third-order valence-electron chi connectivity index (χ3n) is 5.06. The Bertz CT molecular complexity index is 474. The minimum atomic E-state index is 0.165. The maximum Gasteiger partial charge on any atom is 0.139 e. The lowest BCUT2D eigenvalue weighted by Gasteiger charge is -2.12. The van der Waals surface area contributed by atoms with Crippen LogP contribution in [0.5, 0.6) is 11.5 Å². The minimum Gasteiger partial charge on any atom is -0.506 e. The molecule has 0 aliphatic rings. The molecule has 0 amide bonds. The van der Waals surface area contributed by atoms with Crippen molar-refractivity contribution in [2.24, 2.45) is 0 Å². The molecule has 3 heteroatoms. The van der Waals surface area contributed by atoms with Crippen LogP contribution in [-0.4, -0.2) is 11.7 Å². The van der Waals surface area contributed by atoms with Gasteiger partial charge in [-0.25, -0.2) is 0 Å². The van der Waals surface area contributed by atoms with Crippen molar-refractivity contribution in [2.45, 2.75) is 104 Å². The Morgan fingerprint density at radius 3 is 1.77 bits per heavy atom. The zero-order chi connectivity index (χ0) is 19.0. The molecule has 26 heavy (non-hydrogen) atoms. The highest BCUT2D eigenvalue weighted by Gasteiger charge is 2.08. The number of phenols is 1. The van der Waals surface area contributed by atoms with Crippen LogP contribution in [-0.2, 0) is 6.42 Å². The molecule has 1 aromatic carbocycles. The molecule has 0 heterocycles. The summed E-state index contributed by atoms with van der Waals surface area (Å²) in [5, 5.41) is 9.82. The number of ether oxygens (including phenoxy) is 1. The Morgan fingerprint density at radius 1 is 0.769 bits per heavy atom. The molecule has 150 valence electrons. The van der Waals surface area contributed by atoms with Crippen molar-refractivity contribution in [3.05, 3.63) is 17.7 Å². The fraction of sp³-hybridized carbons (Fsp3) is 0.739. The van der Waals surface area contributed by atoms with Gasteiger partial charge in [0.2, 0.25) is 0 Å². The first-order valence-electron chi connectivity index (χ1n) is 10.9. The Morgan fingerprint density at radius 2 is 1.27 bits per heavy atom. The van der Waals surface area contributed by atoms with Crippen LogP contribution in [0.2, 0.25) is 0 Å². The molecule has 0 fully saturated rings. The van der Waals surface area contributed by atoms with Crippen LogP contribution in [0, 0.1) is 0 Å². The van der Waals surface area contributed by atoms with Gasteiger partial charge in [0.1, 0.15) is 11.5 Å². The lowest BCUT2D eigenvalue weighted by molar-refractivity contribution is 0.335. The maximum atomic E-state index is 9.82. The first kappa shape index (κ1) is 22.7. The van der Waals surface area contributed by atoms with E-state index in [-0.39, 0.29) is 5.75 Å². The molecule has 0 aromatic heterocycles. The van der Waals surface area contributed by atoms with E-state index < -0.39 is 0 Å². The molecule has 0 radical (unpaired) electrons. The van der Waals surface area contributed by atoms with Gasteiger partial charge in [-0.1, -0.05) is 84.0 Å². The minimum absolute atomic E-state index is 0.165. The van der Waals surface area contributed by atoms with Crippen LogP contribution >= 0.6 is 0 Å². The van der Waals surface area contributed by atoms with Gasteiger partial charge >= 0.3 is 0 Å². The van der Waals surface area contributed by atoms with E-state index in [1.807, 2.05) is 6.92 Å². The van der Waals surface area contributed by atoms with Gasteiger partial charge in [-0.15, -0.1) is 0 Å². The van der Waals surface area contributed by atoms with Gasteiger partial charge in [-0.2, -0.15) is 0 Å². The van der Waals surface area contributed by atoms with Gasteiger partial charge in [0.25, 0.3) is 0 Å². The van der Waals surface area contributed by atoms with E-state index in [0.717, 1.165) is 24.2 Å². The summed E-state index contributed by atoms with van der Waals surface area (Å²) in [6, 6.07) is 3.51. The van der Waals surface area contributed by atoms with E-state index >= 15 is 0 Å². The normalized spacial score (nSPS) is 11.0. The average molecular weight is 364 g/mol. The number of benzene rings is 1. The number of phenolic OH excluding ortho intramolecular Hbond substituents is 1. The summed E-state index contributed by atoms with van der Waals surface area (Å²) >= 11 is 0. The second-order valence-electron chi connectivity index (χ2n) is 7.44. The second kappa shape index (κ2) is 14.8. The summed E-state index contributed by atoms with van der Waals surface area (Å²) in [6.07, 6.45) is 18.6. The number of aryl methyl sites for hydroxylation is 1. The molecule has 0 unspecified atom stereocenters. The predicted molar refractivity (Wildman–Crippen MR) is 113 cm³/mol. The van der Waals surface area contributed by atoms with Crippen molar-refractivity contribution in [3.8, 4) is 11.5 Å². The molecular formula is C23H41NO2. The van der Waals surface area contributed by atoms with Crippen molar-refractivity contribution in [1.82, 2.24) is 0 Å². The molecule has 1 rings (SSSR count). The Kier molecular flexibility index (Phi) is 12.9. The molecule has 0 saturated heterocycles. The monoisotopic (exact) mass is 363 g/mol. The summed E-state index contributed by atoms with van der Waals surface area (Å²) in [7, 11) is 0. The van der Waals surface area contributed by atoms with E-state index in [1.165, 1.54) is 77.0 Å². The smallest absolute Gasteiger partial charge is 0.139 e. The zero-order valence-corrected chi connectivity index (χ0v) is 17.2. The predicted octanol–water partition coefficient (Wildman–Crippen LogP) is 7.01. The quantitative estimate of drug-likeness (QED) is 0.189. The van der Waals surface area contributed by atoms with Gasteiger partial charge in [0.15, 0.2) is 0 Å². The molecule has 0 bridgehead atoms. The van der Waals surface area contributed by atoms with E-state index in [0.29, 0.717) is 12.3 Å². The first-order chi connectivity index (χ1) is 12.7. The third-order valence-corrected chi connectivity index (χ3v) is 5.06. The van der Waals surface area contributed by atoms with Gasteiger partial charge in [-0.3, -0.25) is 0 Å². The molecule has 0 aliphatic carbocycles. The summed E-state index contributed by atoms with van der Waals surface area (Å²) in [5.41, 5.74) is 7.23. The lowest BCUT2D eigenvalue weighted by Crippen LogP contribution is -1.99. The number of rotatable bonds is 16. The van der Waals surface area contributed by atoms with Crippen molar-refractivity contribution >= 4 is 5.69 Å². The van der Waals surface area contributed by atoms with Crippen LogP contribution in [0.1, 0.15) is 103 Å². The third kappa shape index (κ3) is 9.94. The molecule has 0 saturated carbocycles. The second-order valence-corrected chi connectivity index (χ2v) is 7.44. The molecule has 0 atom stereocenters. The van der Waals surface area contributed by atoms with Crippen LogP contribution < -0.4 is 10.5 Å². The Labute approximate surface area is 161 Å². The van der Waals surface area contributed by atoms with Gasteiger partial charge in [0, 0.05) is 6.07 Å². The average Bonchev–Trinajstić information content (AvgIpc) is 2.63.